The maximum atomic E-state index is 13.3. The van der Waals surface area contributed by atoms with Gasteiger partial charge in [0.1, 0.15) is 18.1 Å². The molecule has 2 heterocycles. The van der Waals surface area contributed by atoms with E-state index in [9.17, 15) is 17.6 Å². The largest absolute Gasteiger partial charge is 0.416 e. The van der Waals surface area contributed by atoms with Gasteiger partial charge in [0.05, 0.1) is 23.1 Å². The molecule has 0 amide bonds. The third-order valence-electron chi connectivity index (χ3n) is 4.49. The van der Waals surface area contributed by atoms with Crippen molar-refractivity contribution in [3.63, 3.8) is 0 Å². The minimum absolute atomic E-state index is 0.136. The highest BCUT2D eigenvalue weighted by molar-refractivity contribution is 5.80. The maximum absolute atomic E-state index is 13.3. The Kier molecular flexibility index (Phi) is 5.13. The van der Waals surface area contributed by atoms with Crippen molar-refractivity contribution in [3.05, 3.63) is 78.2 Å². The van der Waals surface area contributed by atoms with Gasteiger partial charge in [0, 0.05) is 24.6 Å². The number of nitrogens with zero attached hydrogens (tertiary/aromatic N) is 3. The van der Waals surface area contributed by atoms with Crippen LogP contribution in [0.3, 0.4) is 0 Å². The molecule has 0 aliphatic heterocycles. The van der Waals surface area contributed by atoms with E-state index in [4.69, 9.17) is 9.26 Å². The van der Waals surface area contributed by atoms with Crippen LogP contribution in [0, 0.1) is 5.82 Å². The average Bonchev–Trinajstić information content (AvgIpc) is 3.35. The predicted octanol–water partition coefficient (Wildman–Crippen LogP) is 5.50. The van der Waals surface area contributed by atoms with Crippen molar-refractivity contribution < 1.29 is 26.8 Å². The van der Waals surface area contributed by atoms with Crippen molar-refractivity contribution in [3.8, 4) is 28.2 Å². The van der Waals surface area contributed by atoms with Gasteiger partial charge >= 0.3 is 6.18 Å². The fourth-order valence-electron chi connectivity index (χ4n) is 3.04. The van der Waals surface area contributed by atoms with E-state index in [0.29, 0.717) is 34.0 Å². The van der Waals surface area contributed by atoms with Crippen LogP contribution >= 0.6 is 0 Å². The zero-order valence-corrected chi connectivity index (χ0v) is 15.7. The van der Waals surface area contributed by atoms with E-state index >= 15 is 0 Å². The molecular weight excluding hydrogens is 402 g/mol. The van der Waals surface area contributed by atoms with E-state index in [-0.39, 0.29) is 12.4 Å². The second kappa shape index (κ2) is 7.75. The number of benzene rings is 2. The van der Waals surface area contributed by atoms with Gasteiger partial charge in [-0.2, -0.15) is 13.2 Å². The van der Waals surface area contributed by atoms with Crippen LogP contribution in [0.2, 0.25) is 0 Å². The lowest BCUT2D eigenvalue weighted by Gasteiger charge is -2.07. The Balaban J connectivity index is 1.74. The van der Waals surface area contributed by atoms with Gasteiger partial charge in [-0.25, -0.2) is 9.37 Å². The first-order valence-corrected chi connectivity index (χ1v) is 8.82. The van der Waals surface area contributed by atoms with Crippen molar-refractivity contribution >= 4 is 0 Å². The maximum Gasteiger partial charge on any atom is 0.416 e. The summed E-state index contributed by atoms with van der Waals surface area (Å²) in [5.74, 6) is 0.0435. The van der Waals surface area contributed by atoms with Crippen LogP contribution in [-0.4, -0.2) is 21.8 Å². The smallest absolute Gasteiger partial charge is 0.377 e. The monoisotopic (exact) mass is 417 g/mol. The lowest BCUT2D eigenvalue weighted by molar-refractivity contribution is -0.137. The summed E-state index contributed by atoms with van der Waals surface area (Å²) in [6, 6.07) is 10.5. The molecule has 2 aromatic heterocycles. The summed E-state index contributed by atoms with van der Waals surface area (Å²) in [7, 11) is 1.50. The molecule has 2 aromatic carbocycles. The number of rotatable bonds is 5. The highest BCUT2D eigenvalue weighted by atomic mass is 19.4. The second-order valence-electron chi connectivity index (χ2n) is 6.48. The summed E-state index contributed by atoms with van der Waals surface area (Å²) in [6.45, 7) is 0.136. The zero-order chi connectivity index (χ0) is 21.3. The van der Waals surface area contributed by atoms with Gasteiger partial charge in [0.25, 0.3) is 0 Å². The Hall–Kier alpha value is -3.46. The van der Waals surface area contributed by atoms with Crippen molar-refractivity contribution in [2.24, 2.45) is 0 Å². The number of hydrogen-bond donors (Lipinski definition) is 0. The van der Waals surface area contributed by atoms with Crippen LogP contribution < -0.4 is 0 Å². The molecule has 4 rings (SSSR count). The fraction of sp³-hybridized carbons (Fsp3) is 0.143. The molecule has 0 N–H and O–H groups in total. The van der Waals surface area contributed by atoms with Gasteiger partial charge in [0.2, 0.25) is 0 Å². The predicted molar refractivity (Wildman–Crippen MR) is 100 cm³/mol. The molecule has 0 fully saturated rings. The summed E-state index contributed by atoms with van der Waals surface area (Å²) >= 11 is 0. The highest BCUT2D eigenvalue weighted by Crippen LogP contribution is 2.35. The van der Waals surface area contributed by atoms with Crippen LogP contribution in [0.25, 0.3) is 28.2 Å². The first-order valence-electron chi connectivity index (χ1n) is 8.82. The van der Waals surface area contributed by atoms with Crippen LogP contribution in [0.5, 0.6) is 0 Å². The number of imidazole rings is 1. The first kappa shape index (κ1) is 19.8. The third-order valence-corrected chi connectivity index (χ3v) is 4.49. The Labute approximate surface area is 168 Å². The fourth-order valence-corrected chi connectivity index (χ4v) is 3.04. The van der Waals surface area contributed by atoms with Crippen LogP contribution in [-0.2, 0) is 17.5 Å². The summed E-state index contributed by atoms with van der Waals surface area (Å²) in [6.07, 6.45) is -1.27. The first-order chi connectivity index (χ1) is 14.4. The lowest BCUT2D eigenvalue weighted by Crippen LogP contribution is -2.04. The minimum Gasteiger partial charge on any atom is -0.377 e. The topological polar surface area (TPSA) is 53.1 Å². The number of ether oxygens (including phenoxy) is 1. The molecule has 0 aliphatic carbocycles. The average molecular weight is 417 g/mol. The molecule has 0 saturated heterocycles. The number of methoxy groups -OCH3 is 1. The van der Waals surface area contributed by atoms with E-state index < -0.39 is 11.7 Å². The Morgan fingerprint density at radius 1 is 1.03 bits per heavy atom. The molecule has 0 bridgehead atoms. The lowest BCUT2D eigenvalue weighted by atomic mass is 10.0. The summed E-state index contributed by atoms with van der Waals surface area (Å²) in [4.78, 5) is 4.36. The number of aromatic nitrogens is 3. The molecule has 0 atom stereocenters. The molecule has 5 nitrogen and oxygen atoms in total. The Bertz CT molecular complexity index is 1150. The summed E-state index contributed by atoms with van der Waals surface area (Å²) < 4.78 is 63.8. The highest BCUT2D eigenvalue weighted by Gasteiger charge is 2.30. The van der Waals surface area contributed by atoms with Gasteiger partial charge in [0.15, 0.2) is 5.76 Å². The van der Waals surface area contributed by atoms with Gasteiger partial charge in [-0.05, 0) is 48.5 Å². The van der Waals surface area contributed by atoms with Crippen molar-refractivity contribution in [2.75, 3.05) is 7.11 Å². The second-order valence-corrected chi connectivity index (χ2v) is 6.48. The van der Waals surface area contributed by atoms with Crippen molar-refractivity contribution in [1.29, 1.82) is 0 Å². The van der Waals surface area contributed by atoms with E-state index in [2.05, 4.69) is 10.1 Å². The van der Waals surface area contributed by atoms with E-state index in [1.807, 2.05) is 0 Å². The molecule has 9 heteroatoms. The Morgan fingerprint density at radius 2 is 1.73 bits per heavy atom. The molecule has 30 heavy (non-hydrogen) atoms. The van der Waals surface area contributed by atoms with Crippen LogP contribution in [0.15, 0.2) is 65.6 Å². The minimum atomic E-state index is -4.40. The van der Waals surface area contributed by atoms with Gasteiger partial charge < -0.3 is 13.8 Å². The van der Waals surface area contributed by atoms with Gasteiger partial charge in [-0.15, -0.1) is 0 Å². The van der Waals surface area contributed by atoms with Gasteiger partial charge in [-0.1, -0.05) is 5.16 Å². The molecule has 0 unspecified atom stereocenters. The third kappa shape index (κ3) is 3.84. The van der Waals surface area contributed by atoms with E-state index in [0.717, 1.165) is 12.1 Å². The molecule has 0 aliphatic rings. The van der Waals surface area contributed by atoms with Crippen molar-refractivity contribution in [1.82, 2.24) is 14.7 Å². The molecular formula is C21H15F4N3O2. The quantitative estimate of drug-likeness (QED) is 0.403. The summed E-state index contributed by atoms with van der Waals surface area (Å²) in [5, 5.41) is 4.08. The molecule has 0 radical (unpaired) electrons. The standard InChI is InChI=1S/C21H15F4N3O2/c1-29-11-18-19(20(27-30-18)13-2-6-15(22)7-3-13)17-10-28(12-26-17)16-8-4-14(5-9-16)21(23,24)25/h2-10,12H,11H2,1H3. The van der Waals surface area contributed by atoms with E-state index in [1.165, 1.54) is 37.7 Å². The van der Waals surface area contributed by atoms with Crippen LogP contribution in [0.4, 0.5) is 17.6 Å². The van der Waals surface area contributed by atoms with Crippen LogP contribution in [0.1, 0.15) is 11.3 Å². The molecule has 0 spiro atoms. The number of halogens is 4. The number of alkyl halides is 3. The van der Waals surface area contributed by atoms with E-state index in [1.54, 1.807) is 22.9 Å². The zero-order valence-electron chi connectivity index (χ0n) is 15.7. The number of hydrogen-bond acceptors (Lipinski definition) is 4. The van der Waals surface area contributed by atoms with Gasteiger partial charge in [-0.3, -0.25) is 0 Å². The molecule has 4 aromatic rings. The van der Waals surface area contributed by atoms with Crippen molar-refractivity contribution in [2.45, 2.75) is 12.8 Å². The SMILES string of the molecule is COCc1onc(-c2ccc(F)cc2)c1-c1cn(-c2ccc(C(F)(F)F)cc2)cn1. The normalized spacial score (nSPS) is 11.8. The Morgan fingerprint density at radius 3 is 2.37 bits per heavy atom. The molecule has 154 valence electrons. The molecule has 0 saturated carbocycles. The summed E-state index contributed by atoms with van der Waals surface area (Å²) in [5.41, 5.74) is 1.92.